The highest BCUT2D eigenvalue weighted by Crippen LogP contribution is 2.31. The Morgan fingerprint density at radius 3 is 2.64 bits per heavy atom. The van der Waals surface area contributed by atoms with Crippen molar-refractivity contribution < 1.29 is 13.9 Å². The molecule has 0 fully saturated rings. The lowest BCUT2D eigenvalue weighted by Crippen LogP contribution is -2.16. The predicted octanol–water partition coefficient (Wildman–Crippen LogP) is 3.08. The molecular weight excluding hydrogens is 287 g/mol. The van der Waals surface area contributed by atoms with Crippen LogP contribution in [0, 0.1) is 5.82 Å². The molecule has 0 aliphatic carbocycles. The Labute approximate surface area is 127 Å². The molecule has 1 amide bonds. The first-order valence-electron chi connectivity index (χ1n) is 6.73. The first-order chi connectivity index (χ1) is 10.5. The minimum atomic E-state index is -0.609. The fourth-order valence-corrected chi connectivity index (χ4v) is 1.93. The number of nitrogens with one attached hydrogen (secondary N) is 2. The van der Waals surface area contributed by atoms with Crippen molar-refractivity contribution in [3.05, 3.63) is 36.1 Å². The van der Waals surface area contributed by atoms with Crippen LogP contribution in [0.2, 0.25) is 0 Å². The van der Waals surface area contributed by atoms with E-state index in [9.17, 15) is 9.18 Å². The third-order valence-electron chi connectivity index (χ3n) is 2.96. The van der Waals surface area contributed by atoms with Crippen LogP contribution in [0.5, 0.6) is 0 Å². The fourth-order valence-electron chi connectivity index (χ4n) is 1.93. The SMILES string of the molecule is CCOC(=O)Nc1c(NC)cc(-c2ccc(F)cc2)nc1N. The molecule has 0 atom stereocenters. The Hall–Kier alpha value is -2.83. The number of anilines is 3. The number of halogens is 1. The summed E-state index contributed by atoms with van der Waals surface area (Å²) < 4.78 is 17.8. The Balaban J connectivity index is 2.38. The Morgan fingerprint density at radius 2 is 2.05 bits per heavy atom. The second-order valence-electron chi connectivity index (χ2n) is 4.42. The van der Waals surface area contributed by atoms with Crippen LogP contribution in [0.4, 0.5) is 26.4 Å². The van der Waals surface area contributed by atoms with Gasteiger partial charge in [0.1, 0.15) is 17.3 Å². The average Bonchev–Trinajstić information content (AvgIpc) is 2.50. The molecule has 0 aliphatic heterocycles. The van der Waals surface area contributed by atoms with Gasteiger partial charge in [0.25, 0.3) is 0 Å². The first-order valence-corrected chi connectivity index (χ1v) is 6.73. The van der Waals surface area contributed by atoms with E-state index in [0.717, 1.165) is 0 Å². The number of amides is 1. The van der Waals surface area contributed by atoms with Crippen LogP contribution in [0.3, 0.4) is 0 Å². The number of nitrogens with zero attached hydrogens (tertiary/aromatic N) is 1. The Bertz CT molecular complexity index is 674. The minimum absolute atomic E-state index is 0.138. The molecule has 0 saturated heterocycles. The van der Waals surface area contributed by atoms with Crippen LogP contribution in [-0.2, 0) is 4.74 Å². The van der Waals surface area contributed by atoms with E-state index in [4.69, 9.17) is 10.5 Å². The van der Waals surface area contributed by atoms with Crippen LogP contribution >= 0.6 is 0 Å². The summed E-state index contributed by atoms with van der Waals surface area (Å²) in [6.45, 7) is 1.96. The summed E-state index contributed by atoms with van der Waals surface area (Å²) in [4.78, 5) is 15.8. The van der Waals surface area contributed by atoms with Crippen molar-refractivity contribution in [1.29, 1.82) is 0 Å². The minimum Gasteiger partial charge on any atom is -0.450 e. The van der Waals surface area contributed by atoms with Crippen molar-refractivity contribution in [1.82, 2.24) is 4.98 Å². The van der Waals surface area contributed by atoms with Crippen molar-refractivity contribution in [2.45, 2.75) is 6.92 Å². The highest BCUT2D eigenvalue weighted by atomic mass is 19.1. The van der Waals surface area contributed by atoms with Crippen LogP contribution in [0.25, 0.3) is 11.3 Å². The van der Waals surface area contributed by atoms with Crippen molar-refractivity contribution >= 4 is 23.3 Å². The van der Waals surface area contributed by atoms with E-state index >= 15 is 0 Å². The van der Waals surface area contributed by atoms with Crippen LogP contribution < -0.4 is 16.4 Å². The van der Waals surface area contributed by atoms with Crippen LogP contribution in [-0.4, -0.2) is 24.7 Å². The quantitative estimate of drug-likeness (QED) is 0.807. The second-order valence-corrected chi connectivity index (χ2v) is 4.42. The number of rotatable bonds is 4. The van der Waals surface area contributed by atoms with Gasteiger partial charge in [0.15, 0.2) is 0 Å². The summed E-state index contributed by atoms with van der Waals surface area (Å²) in [6.07, 6.45) is -0.609. The summed E-state index contributed by atoms with van der Waals surface area (Å²) in [7, 11) is 1.69. The van der Waals surface area contributed by atoms with Gasteiger partial charge in [-0.05, 0) is 37.3 Å². The van der Waals surface area contributed by atoms with Crippen LogP contribution in [0.15, 0.2) is 30.3 Å². The highest BCUT2D eigenvalue weighted by molar-refractivity contribution is 5.95. The maximum absolute atomic E-state index is 13.0. The third-order valence-corrected chi connectivity index (χ3v) is 2.96. The largest absolute Gasteiger partial charge is 0.450 e. The number of aromatic nitrogens is 1. The van der Waals surface area contributed by atoms with E-state index in [2.05, 4.69) is 15.6 Å². The van der Waals surface area contributed by atoms with E-state index < -0.39 is 6.09 Å². The lowest BCUT2D eigenvalue weighted by atomic mass is 10.1. The number of benzene rings is 1. The topological polar surface area (TPSA) is 89.3 Å². The first kappa shape index (κ1) is 15.6. The highest BCUT2D eigenvalue weighted by Gasteiger charge is 2.14. The maximum Gasteiger partial charge on any atom is 0.411 e. The van der Waals surface area contributed by atoms with Gasteiger partial charge in [-0.2, -0.15) is 0 Å². The van der Waals surface area contributed by atoms with Crippen molar-refractivity contribution in [3.8, 4) is 11.3 Å². The molecule has 0 bridgehead atoms. The summed E-state index contributed by atoms with van der Waals surface area (Å²) in [5, 5.41) is 5.49. The van der Waals surface area contributed by atoms with Crippen molar-refractivity contribution in [2.24, 2.45) is 0 Å². The summed E-state index contributed by atoms with van der Waals surface area (Å²) in [5.41, 5.74) is 8.12. The lowest BCUT2D eigenvalue weighted by molar-refractivity contribution is 0.168. The van der Waals surface area contributed by atoms with E-state index in [1.165, 1.54) is 12.1 Å². The molecule has 2 aromatic rings. The number of carbonyl (C=O) groups excluding carboxylic acids is 1. The lowest BCUT2D eigenvalue weighted by Gasteiger charge is -2.14. The van der Waals surface area contributed by atoms with Gasteiger partial charge < -0.3 is 15.8 Å². The van der Waals surface area contributed by atoms with Crippen LogP contribution in [0.1, 0.15) is 6.92 Å². The number of carbonyl (C=O) groups is 1. The van der Waals surface area contributed by atoms with Gasteiger partial charge >= 0.3 is 6.09 Å². The number of nitrogen functional groups attached to an aromatic ring is 1. The fraction of sp³-hybridized carbons (Fsp3) is 0.200. The molecule has 0 spiro atoms. The molecular formula is C15H17FN4O2. The summed E-state index contributed by atoms with van der Waals surface area (Å²) >= 11 is 0. The van der Waals surface area contributed by atoms with Gasteiger partial charge in [-0.25, -0.2) is 14.2 Å². The molecule has 7 heteroatoms. The molecule has 116 valence electrons. The Kier molecular flexibility index (Phi) is 4.77. The molecule has 1 heterocycles. The number of hydrogen-bond donors (Lipinski definition) is 3. The van der Waals surface area contributed by atoms with Gasteiger partial charge in [0.2, 0.25) is 0 Å². The molecule has 0 aliphatic rings. The van der Waals surface area contributed by atoms with Gasteiger partial charge in [-0.3, -0.25) is 5.32 Å². The zero-order valence-electron chi connectivity index (χ0n) is 12.3. The smallest absolute Gasteiger partial charge is 0.411 e. The second kappa shape index (κ2) is 6.75. The Morgan fingerprint density at radius 1 is 1.36 bits per heavy atom. The maximum atomic E-state index is 13.0. The zero-order valence-corrected chi connectivity index (χ0v) is 12.3. The van der Waals surface area contributed by atoms with E-state index in [0.29, 0.717) is 22.6 Å². The van der Waals surface area contributed by atoms with Gasteiger partial charge in [-0.1, -0.05) is 0 Å². The molecule has 6 nitrogen and oxygen atoms in total. The van der Waals surface area contributed by atoms with Gasteiger partial charge in [0.05, 0.1) is 18.0 Å². The number of hydrogen-bond acceptors (Lipinski definition) is 5. The molecule has 1 aromatic heterocycles. The standard InChI is InChI=1S/C15H17FN4O2/c1-3-22-15(21)20-13-12(18-2)8-11(19-14(13)17)9-4-6-10(16)7-5-9/h4-8H,3H2,1-2H3,(H,20,21)(H3,17,18,19). The molecule has 0 unspecified atom stereocenters. The van der Waals surface area contributed by atoms with Gasteiger partial charge in [-0.15, -0.1) is 0 Å². The van der Waals surface area contributed by atoms with Crippen molar-refractivity contribution in [3.63, 3.8) is 0 Å². The molecule has 4 N–H and O–H groups in total. The monoisotopic (exact) mass is 304 g/mol. The van der Waals surface area contributed by atoms with Gasteiger partial charge in [0, 0.05) is 12.6 Å². The zero-order chi connectivity index (χ0) is 16.1. The van der Waals surface area contributed by atoms with Crippen molar-refractivity contribution in [2.75, 3.05) is 30.0 Å². The number of pyridine rings is 1. The predicted molar refractivity (Wildman–Crippen MR) is 84.2 cm³/mol. The molecule has 1 aromatic carbocycles. The normalized spacial score (nSPS) is 10.1. The third kappa shape index (κ3) is 3.43. The summed E-state index contributed by atoms with van der Waals surface area (Å²) in [5.74, 6) is -0.189. The molecule has 22 heavy (non-hydrogen) atoms. The number of ether oxygens (including phenoxy) is 1. The molecule has 0 radical (unpaired) electrons. The number of nitrogens with two attached hydrogens (primary N) is 1. The molecule has 0 saturated carbocycles. The average molecular weight is 304 g/mol. The van der Waals surface area contributed by atoms with E-state index in [1.54, 1.807) is 32.2 Å². The summed E-state index contributed by atoms with van der Waals surface area (Å²) in [6, 6.07) is 7.61. The van der Waals surface area contributed by atoms with E-state index in [-0.39, 0.29) is 18.2 Å². The molecule has 2 rings (SSSR count). The van der Waals surface area contributed by atoms with E-state index in [1.807, 2.05) is 0 Å².